The van der Waals surface area contributed by atoms with Crippen LogP contribution in [0.1, 0.15) is 43.5 Å². The highest BCUT2D eigenvalue weighted by Gasteiger charge is 2.36. The summed E-state index contributed by atoms with van der Waals surface area (Å²) in [6, 6.07) is 16.2. The van der Waals surface area contributed by atoms with Crippen molar-refractivity contribution < 1.29 is 19.0 Å². The number of amides is 1. The third-order valence-electron chi connectivity index (χ3n) is 7.68. The van der Waals surface area contributed by atoms with Gasteiger partial charge in [0.15, 0.2) is 4.80 Å². The molecular formula is C34H32ClI2N3O5S. The first-order valence-electron chi connectivity index (χ1n) is 14.5. The van der Waals surface area contributed by atoms with Gasteiger partial charge in [-0.15, -0.1) is 0 Å². The van der Waals surface area contributed by atoms with E-state index in [0.29, 0.717) is 62.4 Å². The molecule has 5 rings (SSSR count). The monoisotopic (exact) mass is 883 g/mol. The van der Waals surface area contributed by atoms with Crippen molar-refractivity contribution in [3.63, 3.8) is 0 Å². The Kier molecular flexibility index (Phi) is 11.2. The van der Waals surface area contributed by atoms with Gasteiger partial charge in [-0.3, -0.25) is 14.2 Å². The summed E-state index contributed by atoms with van der Waals surface area (Å²) in [5, 5.41) is 0.654. The van der Waals surface area contributed by atoms with E-state index in [2.05, 4.69) is 45.2 Å². The van der Waals surface area contributed by atoms with Crippen LogP contribution in [0.5, 0.6) is 17.2 Å². The van der Waals surface area contributed by atoms with Crippen molar-refractivity contribution in [1.82, 2.24) is 9.47 Å². The summed E-state index contributed by atoms with van der Waals surface area (Å²) in [4.78, 5) is 35.3. The third-order valence-corrected chi connectivity index (χ3v) is 10.6. The summed E-state index contributed by atoms with van der Waals surface area (Å²) >= 11 is 12.1. The smallest absolute Gasteiger partial charge is 0.271 e. The molecule has 0 N–H and O–H groups in total. The molecule has 2 heterocycles. The maximum atomic E-state index is 14.3. The van der Waals surface area contributed by atoms with Crippen molar-refractivity contribution in [1.29, 1.82) is 0 Å². The number of fused-ring (bicyclic) bond motifs is 1. The van der Waals surface area contributed by atoms with E-state index < -0.39 is 6.04 Å². The molecule has 1 aliphatic rings. The van der Waals surface area contributed by atoms with E-state index in [1.54, 1.807) is 35.8 Å². The largest absolute Gasteiger partial charge is 0.497 e. The molecule has 240 valence electrons. The fourth-order valence-electron chi connectivity index (χ4n) is 5.34. The summed E-state index contributed by atoms with van der Waals surface area (Å²) in [6.07, 6.45) is 1.86. The molecule has 0 saturated heterocycles. The molecule has 3 aromatic carbocycles. The number of hydrogen-bond donors (Lipinski definition) is 0. The topological polar surface area (TPSA) is 82.4 Å². The molecule has 46 heavy (non-hydrogen) atoms. The summed E-state index contributed by atoms with van der Waals surface area (Å²) < 4.78 is 21.4. The first-order chi connectivity index (χ1) is 22.1. The van der Waals surface area contributed by atoms with Crippen LogP contribution < -0.4 is 29.1 Å². The average molecular weight is 884 g/mol. The lowest BCUT2D eigenvalue weighted by Gasteiger charge is -2.30. The van der Waals surface area contributed by atoms with Gasteiger partial charge in [0.05, 0.1) is 37.2 Å². The fourth-order valence-corrected chi connectivity index (χ4v) is 8.71. The number of allylic oxidation sites excluding steroid dienone is 1. The Balaban J connectivity index is 1.63. The number of methoxy groups -OCH3 is 2. The normalized spacial score (nSPS) is 14.5. The zero-order chi connectivity index (χ0) is 33.1. The molecule has 1 aliphatic heterocycles. The Labute approximate surface area is 303 Å². The van der Waals surface area contributed by atoms with Crippen LogP contribution in [-0.2, 0) is 11.4 Å². The molecular weight excluding hydrogens is 852 g/mol. The summed E-state index contributed by atoms with van der Waals surface area (Å²) in [6.45, 7) is 7.07. The molecule has 12 heteroatoms. The van der Waals surface area contributed by atoms with Crippen molar-refractivity contribution >= 4 is 80.1 Å². The highest BCUT2D eigenvalue weighted by molar-refractivity contribution is 14.1. The van der Waals surface area contributed by atoms with Gasteiger partial charge in [0.25, 0.3) is 11.5 Å². The standard InChI is InChI=1S/C34H32ClI2N3O5S/c1-6-39(7-2)33(42)29-19(3)38-34-40(30(29)23-17-22(43-4)12-13-27(23)44-5)32(41)28(46-34)16-20-14-25(36)31(26(37)15-20)45-18-21-10-8-9-11-24(21)35/h8-17,30H,6-7,18H2,1-5H3/b28-16+/t30-/m1/s1. The van der Waals surface area contributed by atoms with Crippen LogP contribution >= 0.6 is 68.1 Å². The van der Waals surface area contributed by atoms with Crippen molar-refractivity contribution in [2.24, 2.45) is 4.99 Å². The van der Waals surface area contributed by atoms with Crippen LogP contribution in [0.25, 0.3) is 6.08 Å². The quantitative estimate of drug-likeness (QED) is 0.169. The van der Waals surface area contributed by atoms with E-state index in [1.807, 2.05) is 69.3 Å². The SMILES string of the molecule is CCN(CC)C(=O)C1=C(C)N=c2s/c(=C/c3cc(I)c(OCc4ccccc4Cl)c(I)c3)c(=O)n2[C@@H]1c1cc(OC)ccc1OC. The van der Waals surface area contributed by atoms with E-state index in [-0.39, 0.29) is 11.5 Å². The molecule has 0 radical (unpaired) electrons. The summed E-state index contributed by atoms with van der Waals surface area (Å²) in [5.41, 5.74) is 3.12. The Morgan fingerprint density at radius 1 is 1.07 bits per heavy atom. The van der Waals surface area contributed by atoms with Gasteiger partial charge in [-0.05, 0) is 114 Å². The average Bonchev–Trinajstić information content (AvgIpc) is 3.34. The zero-order valence-corrected chi connectivity index (χ0v) is 31.8. The van der Waals surface area contributed by atoms with E-state index >= 15 is 0 Å². The maximum absolute atomic E-state index is 14.3. The molecule has 1 amide bonds. The lowest BCUT2D eigenvalue weighted by atomic mass is 9.93. The minimum Gasteiger partial charge on any atom is -0.497 e. The lowest BCUT2D eigenvalue weighted by Crippen LogP contribution is -2.43. The third kappa shape index (κ3) is 6.87. The Hall–Kier alpha value is -2.88. The number of aromatic nitrogens is 1. The van der Waals surface area contributed by atoms with E-state index in [0.717, 1.165) is 24.0 Å². The highest BCUT2D eigenvalue weighted by atomic mass is 127. The van der Waals surface area contributed by atoms with Crippen molar-refractivity contribution in [2.75, 3.05) is 27.3 Å². The molecule has 8 nitrogen and oxygen atoms in total. The molecule has 1 atom stereocenters. The predicted octanol–water partition coefficient (Wildman–Crippen LogP) is 6.56. The molecule has 0 bridgehead atoms. The minimum absolute atomic E-state index is 0.174. The number of rotatable bonds is 10. The second-order valence-corrected chi connectivity index (χ2v) is 14.1. The second-order valence-electron chi connectivity index (χ2n) is 10.4. The molecule has 0 unspecified atom stereocenters. The van der Waals surface area contributed by atoms with Gasteiger partial charge in [0.1, 0.15) is 29.9 Å². The van der Waals surface area contributed by atoms with E-state index in [4.69, 9.17) is 30.8 Å². The van der Waals surface area contributed by atoms with Crippen LogP contribution in [-0.4, -0.2) is 42.7 Å². The Bertz CT molecular complexity index is 2000. The maximum Gasteiger partial charge on any atom is 0.271 e. The number of halogens is 3. The predicted molar refractivity (Wildman–Crippen MR) is 199 cm³/mol. The molecule has 0 fully saturated rings. The van der Waals surface area contributed by atoms with Gasteiger partial charge in [-0.2, -0.15) is 0 Å². The van der Waals surface area contributed by atoms with Crippen LogP contribution in [0, 0.1) is 7.14 Å². The van der Waals surface area contributed by atoms with E-state index in [9.17, 15) is 9.59 Å². The van der Waals surface area contributed by atoms with Gasteiger partial charge >= 0.3 is 0 Å². The number of likely N-dealkylation sites (N-methyl/N-ethyl adjacent to an activating group) is 1. The van der Waals surface area contributed by atoms with Crippen LogP contribution in [0.3, 0.4) is 0 Å². The number of carbonyl (C=O) groups excluding carboxylic acids is 1. The molecule has 0 saturated carbocycles. The van der Waals surface area contributed by atoms with Crippen molar-refractivity contribution in [3.8, 4) is 17.2 Å². The van der Waals surface area contributed by atoms with E-state index in [1.165, 1.54) is 11.3 Å². The second kappa shape index (κ2) is 14.9. The van der Waals surface area contributed by atoms with Gasteiger partial charge in [-0.25, -0.2) is 4.99 Å². The van der Waals surface area contributed by atoms with Crippen LogP contribution in [0.15, 0.2) is 75.7 Å². The summed E-state index contributed by atoms with van der Waals surface area (Å²) in [5.74, 6) is 1.70. The fraction of sp³-hybridized carbons (Fsp3) is 0.265. The molecule has 0 spiro atoms. The van der Waals surface area contributed by atoms with Crippen LogP contribution in [0.4, 0.5) is 0 Å². The Morgan fingerprint density at radius 3 is 2.39 bits per heavy atom. The van der Waals surface area contributed by atoms with Gasteiger partial charge in [0.2, 0.25) is 0 Å². The van der Waals surface area contributed by atoms with Crippen molar-refractivity contribution in [2.45, 2.75) is 33.4 Å². The molecule has 0 aliphatic carbocycles. The van der Waals surface area contributed by atoms with Gasteiger partial charge in [-0.1, -0.05) is 41.1 Å². The number of thiazole rings is 1. The first-order valence-corrected chi connectivity index (χ1v) is 17.9. The van der Waals surface area contributed by atoms with Gasteiger partial charge < -0.3 is 19.1 Å². The van der Waals surface area contributed by atoms with Crippen LogP contribution in [0.2, 0.25) is 5.02 Å². The number of benzene rings is 3. The number of hydrogen-bond acceptors (Lipinski definition) is 7. The summed E-state index contributed by atoms with van der Waals surface area (Å²) in [7, 11) is 3.15. The Morgan fingerprint density at radius 2 is 1.76 bits per heavy atom. The number of ether oxygens (including phenoxy) is 3. The first kappa shape index (κ1) is 34.5. The van der Waals surface area contributed by atoms with Crippen molar-refractivity contribution in [3.05, 3.63) is 114 Å². The molecule has 1 aromatic heterocycles. The molecule has 4 aromatic rings. The number of carbonyl (C=O) groups is 1. The van der Waals surface area contributed by atoms with Gasteiger partial charge in [0, 0.05) is 29.2 Å². The minimum atomic E-state index is -0.766. The lowest BCUT2D eigenvalue weighted by molar-refractivity contribution is -0.127. The number of nitrogens with zero attached hydrogens (tertiary/aromatic N) is 3. The highest BCUT2D eigenvalue weighted by Crippen LogP contribution is 2.38. The zero-order valence-electron chi connectivity index (χ0n) is 25.9.